The minimum Gasteiger partial charge on any atom is -0.458 e. The third-order valence-corrected chi connectivity index (χ3v) is 6.63. The van der Waals surface area contributed by atoms with Gasteiger partial charge in [-0.15, -0.1) is 0 Å². The molecule has 0 unspecified atom stereocenters. The second-order valence-corrected chi connectivity index (χ2v) is 9.60. The number of esters is 1. The number of cyclic esters (lactones) is 1. The van der Waals surface area contributed by atoms with Crippen LogP contribution in [0.25, 0.3) is 40.2 Å². The largest absolute Gasteiger partial charge is 0.458 e. The number of rotatable bonds is 7. The van der Waals surface area contributed by atoms with E-state index in [0.717, 1.165) is 11.3 Å². The van der Waals surface area contributed by atoms with Crippen molar-refractivity contribution in [1.82, 2.24) is 19.5 Å². The summed E-state index contributed by atoms with van der Waals surface area (Å²) in [7, 11) is 0. The molecule has 2 atom stereocenters. The van der Waals surface area contributed by atoms with Crippen molar-refractivity contribution in [3.05, 3.63) is 109 Å². The number of aromatic nitrogens is 4. The van der Waals surface area contributed by atoms with Crippen LogP contribution in [-0.2, 0) is 9.53 Å². The topological polar surface area (TPSA) is 102 Å². The maximum atomic E-state index is 14.0. The average Bonchev–Trinajstić information content (AvgIpc) is 3.37. The van der Waals surface area contributed by atoms with Gasteiger partial charge >= 0.3 is 5.97 Å². The Kier molecular flexibility index (Phi) is 7.34. The number of ether oxygens (including phenoxy) is 1. The molecular weight excluding hydrogens is 521 g/mol. The lowest BCUT2D eigenvalue weighted by Crippen LogP contribution is -2.31. The second kappa shape index (κ2) is 11.5. The molecule has 8 nitrogen and oxygen atoms in total. The van der Waals surface area contributed by atoms with Crippen molar-refractivity contribution in [3.63, 3.8) is 0 Å². The van der Waals surface area contributed by atoms with E-state index in [9.17, 15) is 14.3 Å². The highest BCUT2D eigenvalue weighted by Crippen LogP contribution is 2.36. The maximum Gasteiger partial charge on any atom is 0.309 e. The quantitative estimate of drug-likeness (QED) is 0.238. The average molecular weight is 548 g/mol. The molecule has 1 aliphatic rings. The van der Waals surface area contributed by atoms with Crippen LogP contribution in [0.1, 0.15) is 12.8 Å². The van der Waals surface area contributed by atoms with E-state index >= 15 is 0 Å². The Bertz CT molecular complexity index is 1690. The first-order chi connectivity index (χ1) is 20.0. The van der Waals surface area contributed by atoms with Gasteiger partial charge in [-0.2, -0.15) is 0 Å². The SMILES string of the molecule is O=C1C[C@H](O)C[C@@H](C=Cn2c(-c3ccccc3)nc(-c3ccnc(Nc4ccccc4)n3)c2-c2ccc(F)cc2)O1. The van der Waals surface area contributed by atoms with Crippen LogP contribution in [0.4, 0.5) is 16.0 Å². The monoisotopic (exact) mass is 547 g/mol. The Morgan fingerprint density at radius 2 is 1.66 bits per heavy atom. The molecule has 0 bridgehead atoms. The van der Waals surface area contributed by atoms with E-state index in [2.05, 4.69) is 10.3 Å². The molecule has 2 N–H and O–H groups in total. The van der Waals surface area contributed by atoms with E-state index in [1.807, 2.05) is 65.2 Å². The zero-order chi connectivity index (χ0) is 28.2. The van der Waals surface area contributed by atoms with Gasteiger partial charge in [-0.1, -0.05) is 48.5 Å². The van der Waals surface area contributed by atoms with E-state index in [1.165, 1.54) is 12.1 Å². The van der Waals surface area contributed by atoms with Crippen molar-refractivity contribution in [3.8, 4) is 34.0 Å². The fourth-order valence-corrected chi connectivity index (χ4v) is 4.74. The van der Waals surface area contributed by atoms with Gasteiger partial charge in [0, 0.05) is 35.6 Å². The van der Waals surface area contributed by atoms with Gasteiger partial charge < -0.3 is 15.2 Å². The number of nitrogens with one attached hydrogen (secondary N) is 1. The third-order valence-electron chi connectivity index (χ3n) is 6.63. The van der Waals surface area contributed by atoms with Crippen molar-refractivity contribution < 1.29 is 19.0 Å². The molecule has 9 heteroatoms. The molecular formula is C32H26FN5O3. The van der Waals surface area contributed by atoms with Crippen LogP contribution in [0.15, 0.2) is 103 Å². The number of aliphatic hydroxyl groups excluding tert-OH is 1. The summed E-state index contributed by atoms with van der Waals surface area (Å²) in [6, 6.07) is 27.2. The van der Waals surface area contributed by atoms with Crippen LogP contribution in [0.2, 0.25) is 0 Å². The number of nitrogens with zero attached hydrogens (tertiary/aromatic N) is 4. The Labute approximate surface area is 235 Å². The van der Waals surface area contributed by atoms with Crippen LogP contribution in [0.3, 0.4) is 0 Å². The van der Waals surface area contributed by atoms with Gasteiger partial charge in [0.2, 0.25) is 5.95 Å². The molecule has 2 aromatic heterocycles. The number of hydrogen-bond donors (Lipinski definition) is 2. The van der Waals surface area contributed by atoms with E-state index in [-0.39, 0.29) is 18.7 Å². The molecule has 0 radical (unpaired) electrons. The Morgan fingerprint density at radius 3 is 2.39 bits per heavy atom. The lowest BCUT2D eigenvalue weighted by molar-refractivity contribution is -0.156. The number of aliphatic hydroxyl groups is 1. The van der Waals surface area contributed by atoms with Crippen LogP contribution in [0.5, 0.6) is 0 Å². The van der Waals surface area contributed by atoms with Crippen LogP contribution in [-0.4, -0.2) is 42.8 Å². The molecule has 6 rings (SSSR count). The molecule has 1 saturated heterocycles. The number of carbonyl (C=O) groups excluding carboxylic acids is 1. The number of imidazole rings is 1. The van der Waals surface area contributed by atoms with Gasteiger partial charge in [-0.25, -0.2) is 19.3 Å². The summed E-state index contributed by atoms with van der Waals surface area (Å²) in [6.45, 7) is 0. The summed E-state index contributed by atoms with van der Waals surface area (Å²) < 4.78 is 21.3. The molecule has 204 valence electrons. The number of halogens is 1. The van der Waals surface area contributed by atoms with Crippen molar-refractivity contribution in [2.45, 2.75) is 25.0 Å². The van der Waals surface area contributed by atoms with E-state index in [0.29, 0.717) is 34.4 Å². The molecule has 1 aliphatic heterocycles. The molecule has 0 spiro atoms. The lowest BCUT2D eigenvalue weighted by Gasteiger charge is -2.23. The van der Waals surface area contributed by atoms with E-state index in [1.54, 1.807) is 36.7 Å². The summed E-state index contributed by atoms with van der Waals surface area (Å²) in [5.41, 5.74) is 4.15. The molecule has 41 heavy (non-hydrogen) atoms. The summed E-state index contributed by atoms with van der Waals surface area (Å²) in [5, 5.41) is 13.3. The zero-order valence-electron chi connectivity index (χ0n) is 21.9. The highest BCUT2D eigenvalue weighted by Gasteiger charge is 2.26. The maximum absolute atomic E-state index is 14.0. The summed E-state index contributed by atoms with van der Waals surface area (Å²) in [5.74, 6) is 0.189. The molecule has 1 fully saturated rings. The lowest BCUT2D eigenvalue weighted by atomic mass is 10.1. The predicted molar refractivity (Wildman–Crippen MR) is 154 cm³/mol. The molecule has 3 heterocycles. The van der Waals surface area contributed by atoms with Gasteiger partial charge in [0.05, 0.1) is 23.9 Å². The first-order valence-electron chi connectivity index (χ1n) is 13.2. The Balaban J connectivity index is 1.51. The zero-order valence-corrected chi connectivity index (χ0v) is 21.9. The fourth-order valence-electron chi connectivity index (χ4n) is 4.74. The molecule has 0 aliphatic carbocycles. The van der Waals surface area contributed by atoms with Gasteiger partial charge in [0.1, 0.15) is 23.4 Å². The Hall–Kier alpha value is -5.15. The number of hydrogen-bond acceptors (Lipinski definition) is 7. The summed E-state index contributed by atoms with van der Waals surface area (Å²) in [4.78, 5) is 26.1. The minimum absolute atomic E-state index is 0.0251. The second-order valence-electron chi connectivity index (χ2n) is 9.60. The molecule has 0 amide bonds. The van der Waals surface area contributed by atoms with Crippen LogP contribution < -0.4 is 5.32 Å². The number of anilines is 2. The predicted octanol–water partition coefficient (Wildman–Crippen LogP) is 6.09. The molecule has 0 saturated carbocycles. The highest BCUT2D eigenvalue weighted by molar-refractivity contribution is 5.83. The number of para-hydroxylation sites is 1. The Morgan fingerprint density at radius 1 is 0.927 bits per heavy atom. The van der Waals surface area contributed by atoms with Gasteiger partial charge in [-0.05, 0) is 48.5 Å². The molecule has 3 aromatic carbocycles. The van der Waals surface area contributed by atoms with Crippen LogP contribution in [0, 0.1) is 5.82 Å². The normalized spacial score (nSPS) is 17.0. The standard InChI is InChI=1S/C32H26FN5O3/c33-23-13-11-21(12-14-23)30-29(27-15-17-34-32(36-27)35-24-9-5-2-6-10-24)37-31(22-7-3-1-4-8-22)38(30)18-16-26-19-25(39)20-28(40)41-26/h1-18,25-26,39H,19-20H2,(H,34,35,36)/t25-,26-/m1/s1. The van der Waals surface area contributed by atoms with Crippen molar-refractivity contribution >= 4 is 23.8 Å². The van der Waals surface area contributed by atoms with Crippen molar-refractivity contribution in [2.75, 3.05) is 5.32 Å². The van der Waals surface area contributed by atoms with Crippen molar-refractivity contribution in [2.24, 2.45) is 0 Å². The first kappa shape index (κ1) is 26.1. The molecule has 5 aromatic rings. The smallest absolute Gasteiger partial charge is 0.309 e. The fraction of sp³-hybridized carbons (Fsp3) is 0.125. The van der Waals surface area contributed by atoms with E-state index < -0.39 is 18.2 Å². The minimum atomic E-state index is -0.772. The highest BCUT2D eigenvalue weighted by atomic mass is 19.1. The summed E-state index contributed by atoms with van der Waals surface area (Å²) in [6.07, 6.45) is 4.04. The first-order valence-corrected chi connectivity index (χ1v) is 13.2. The van der Waals surface area contributed by atoms with Crippen molar-refractivity contribution in [1.29, 1.82) is 0 Å². The van der Waals surface area contributed by atoms with Gasteiger partial charge in [0.25, 0.3) is 0 Å². The number of carbonyl (C=O) groups is 1. The summed E-state index contributed by atoms with van der Waals surface area (Å²) >= 11 is 0. The van der Waals surface area contributed by atoms with Gasteiger partial charge in [-0.3, -0.25) is 9.36 Å². The van der Waals surface area contributed by atoms with Gasteiger partial charge in [0.15, 0.2) is 0 Å². The van der Waals surface area contributed by atoms with E-state index in [4.69, 9.17) is 14.7 Å². The number of benzene rings is 3. The van der Waals surface area contributed by atoms with Crippen LogP contribution >= 0.6 is 0 Å². The third kappa shape index (κ3) is 5.90.